The van der Waals surface area contributed by atoms with E-state index in [9.17, 15) is 4.39 Å². The number of hydrogen-bond donors (Lipinski definition) is 0. The summed E-state index contributed by atoms with van der Waals surface area (Å²) in [5.41, 5.74) is 4.12. The first-order chi connectivity index (χ1) is 8.00. The molecule has 0 aliphatic carbocycles. The molecule has 90 valence electrons. The summed E-state index contributed by atoms with van der Waals surface area (Å²) in [4.78, 5) is 0. The van der Waals surface area contributed by atoms with E-state index in [-0.39, 0.29) is 11.9 Å². The molecule has 17 heavy (non-hydrogen) atoms. The van der Waals surface area contributed by atoms with Gasteiger partial charge in [0.2, 0.25) is 0 Å². The molecule has 0 aliphatic heterocycles. The van der Waals surface area contributed by atoms with Gasteiger partial charge in [0.1, 0.15) is 5.82 Å². The fourth-order valence-electron chi connectivity index (χ4n) is 2.31. The van der Waals surface area contributed by atoms with Gasteiger partial charge in [-0.25, -0.2) is 4.39 Å². The first-order valence-corrected chi connectivity index (χ1v) is 5.91. The molecule has 1 unspecified atom stereocenters. The molecule has 1 aromatic carbocycles. The van der Waals surface area contributed by atoms with Crippen LogP contribution < -0.4 is 0 Å². The summed E-state index contributed by atoms with van der Waals surface area (Å²) < 4.78 is 15.8. The molecule has 2 aromatic rings. The van der Waals surface area contributed by atoms with Crippen molar-refractivity contribution in [2.24, 2.45) is 0 Å². The van der Waals surface area contributed by atoms with Crippen LogP contribution in [0, 0.1) is 26.6 Å². The van der Waals surface area contributed by atoms with Crippen molar-refractivity contribution in [1.29, 1.82) is 0 Å². The van der Waals surface area contributed by atoms with Crippen LogP contribution in [0.3, 0.4) is 0 Å². The maximum atomic E-state index is 13.6. The van der Waals surface area contributed by atoms with E-state index in [1.165, 1.54) is 11.4 Å². The molecule has 1 atom stereocenters. The lowest BCUT2D eigenvalue weighted by Gasteiger charge is -2.19. The smallest absolute Gasteiger partial charge is 0.126 e. The molecular weight excluding hydrogens is 213 g/mol. The molecule has 1 nitrogen and oxygen atoms in total. The molecule has 0 saturated carbocycles. The Balaban J connectivity index is 2.43. The monoisotopic (exact) mass is 231 g/mol. The lowest BCUT2D eigenvalue weighted by atomic mass is 10.1. The van der Waals surface area contributed by atoms with Gasteiger partial charge in [0.25, 0.3) is 0 Å². The maximum Gasteiger partial charge on any atom is 0.126 e. The summed E-state index contributed by atoms with van der Waals surface area (Å²) in [6.45, 7) is 8.04. The van der Waals surface area contributed by atoms with Crippen LogP contribution >= 0.6 is 0 Å². The zero-order valence-corrected chi connectivity index (χ0v) is 10.8. The van der Waals surface area contributed by atoms with E-state index in [0.717, 1.165) is 5.56 Å². The number of hydrogen-bond acceptors (Lipinski definition) is 0. The Bertz CT molecular complexity index is 520. The molecule has 2 heteroatoms. The van der Waals surface area contributed by atoms with Gasteiger partial charge in [-0.2, -0.15) is 0 Å². The topological polar surface area (TPSA) is 4.93 Å². The first kappa shape index (κ1) is 11.9. The molecule has 0 aliphatic rings. The summed E-state index contributed by atoms with van der Waals surface area (Å²) in [6.07, 6.45) is 0. The second-order valence-electron chi connectivity index (χ2n) is 4.67. The van der Waals surface area contributed by atoms with Crippen molar-refractivity contribution >= 4 is 0 Å². The van der Waals surface area contributed by atoms with Gasteiger partial charge in [0.15, 0.2) is 0 Å². The largest absolute Gasteiger partial charge is 0.342 e. The summed E-state index contributed by atoms with van der Waals surface area (Å²) in [6, 6.07) is 9.84. The number of aryl methyl sites for hydroxylation is 3. The average molecular weight is 231 g/mol. The molecule has 0 spiro atoms. The van der Waals surface area contributed by atoms with Gasteiger partial charge in [0, 0.05) is 11.4 Å². The predicted octanol–water partition coefficient (Wildman–Crippen LogP) is 4.16. The third-order valence-electron chi connectivity index (χ3n) is 3.39. The standard InChI is InChI=1S/C15H18FN/c1-10-5-8-14(9-15(10)16)13(4)17-11(2)6-7-12(17)3/h5-9,13H,1-4H3. The second kappa shape index (κ2) is 4.36. The second-order valence-corrected chi connectivity index (χ2v) is 4.67. The summed E-state index contributed by atoms with van der Waals surface area (Å²) in [5.74, 6) is -0.128. The van der Waals surface area contributed by atoms with Gasteiger partial charge in [-0.15, -0.1) is 0 Å². The van der Waals surface area contributed by atoms with Crippen molar-refractivity contribution in [3.05, 3.63) is 58.7 Å². The van der Waals surface area contributed by atoms with Gasteiger partial charge in [-0.05, 0) is 57.0 Å². The van der Waals surface area contributed by atoms with E-state index in [0.29, 0.717) is 5.56 Å². The van der Waals surface area contributed by atoms with Crippen LogP contribution in [0.15, 0.2) is 30.3 Å². The highest BCUT2D eigenvalue weighted by Gasteiger charge is 2.12. The van der Waals surface area contributed by atoms with Crippen LogP contribution in [0.2, 0.25) is 0 Å². The number of rotatable bonds is 2. The molecule has 0 N–H and O–H groups in total. The summed E-state index contributed by atoms with van der Waals surface area (Å²) in [5, 5.41) is 0. The highest BCUT2D eigenvalue weighted by Crippen LogP contribution is 2.24. The predicted molar refractivity (Wildman–Crippen MR) is 68.9 cm³/mol. The highest BCUT2D eigenvalue weighted by molar-refractivity contribution is 5.28. The summed E-state index contributed by atoms with van der Waals surface area (Å²) in [7, 11) is 0. The van der Waals surface area contributed by atoms with Crippen molar-refractivity contribution in [3.63, 3.8) is 0 Å². The van der Waals surface area contributed by atoms with Gasteiger partial charge >= 0.3 is 0 Å². The molecule has 0 radical (unpaired) electrons. The third kappa shape index (κ3) is 2.12. The van der Waals surface area contributed by atoms with E-state index in [4.69, 9.17) is 0 Å². The molecule has 1 heterocycles. The van der Waals surface area contributed by atoms with E-state index >= 15 is 0 Å². The number of halogens is 1. The minimum atomic E-state index is -0.128. The molecule has 1 aromatic heterocycles. The van der Waals surface area contributed by atoms with Crippen molar-refractivity contribution in [1.82, 2.24) is 4.57 Å². The SMILES string of the molecule is Cc1ccc(C(C)n2c(C)ccc2C)cc1F. The Morgan fingerprint density at radius 3 is 2.12 bits per heavy atom. The molecule has 2 rings (SSSR count). The average Bonchev–Trinajstić information content (AvgIpc) is 2.62. The molecule has 0 bridgehead atoms. The normalized spacial score (nSPS) is 12.8. The van der Waals surface area contributed by atoms with Gasteiger partial charge in [-0.3, -0.25) is 0 Å². The zero-order chi connectivity index (χ0) is 12.6. The van der Waals surface area contributed by atoms with E-state index in [1.54, 1.807) is 13.0 Å². The number of aromatic nitrogens is 1. The van der Waals surface area contributed by atoms with Crippen molar-refractivity contribution in [3.8, 4) is 0 Å². The molecule has 0 fully saturated rings. The van der Waals surface area contributed by atoms with Crippen molar-refractivity contribution < 1.29 is 4.39 Å². The van der Waals surface area contributed by atoms with Crippen LogP contribution in [0.5, 0.6) is 0 Å². The minimum Gasteiger partial charge on any atom is -0.342 e. The van der Waals surface area contributed by atoms with Crippen LogP contribution in [-0.4, -0.2) is 4.57 Å². The summed E-state index contributed by atoms with van der Waals surface area (Å²) >= 11 is 0. The van der Waals surface area contributed by atoms with Crippen LogP contribution in [0.25, 0.3) is 0 Å². The minimum absolute atomic E-state index is 0.128. The molecular formula is C15H18FN. The van der Waals surface area contributed by atoms with E-state index < -0.39 is 0 Å². The van der Waals surface area contributed by atoms with Crippen LogP contribution in [-0.2, 0) is 0 Å². The van der Waals surface area contributed by atoms with Gasteiger partial charge in [0.05, 0.1) is 6.04 Å². The highest BCUT2D eigenvalue weighted by atomic mass is 19.1. The lowest BCUT2D eigenvalue weighted by Crippen LogP contribution is -2.10. The lowest BCUT2D eigenvalue weighted by molar-refractivity contribution is 0.586. The number of nitrogens with zero attached hydrogens (tertiary/aromatic N) is 1. The van der Waals surface area contributed by atoms with Gasteiger partial charge in [-0.1, -0.05) is 12.1 Å². The Morgan fingerprint density at radius 1 is 1.00 bits per heavy atom. The van der Waals surface area contributed by atoms with Crippen LogP contribution in [0.1, 0.15) is 35.5 Å². The maximum absolute atomic E-state index is 13.6. The first-order valence-electron chi connectivity index (χ1n) is 5.91. The van der Waals surface area contributed by atoms with E-state index in [1.807, 2.05) is 12.1 Å². The Hall–Kier alpha value is -1.57. The molecule has 0 amide bonds. The number of benzene rings is 1. The third-order valence-corrected chi connectivity index (χ3v) is 3.39. The molecule has 0 saturated heterocycles. The van der Waals surface area contributed by atoms with Crippen LogP contribution in [0.4, 0.5) is 4.39 Å². The Kier molecular flexibility index (Phi) is 3.05. The quantitative estimate of drug-likeness (QED) is 0.731. The Labute approximate surface area is 102 Å². The van der Waals surface area contributed by atoms with Crippen molar-refractivity contribution in [2.45, 2.75) is 33.7 Å². The van der Waals surface area contributed by atoms with E-state index in [2.05, 4.69) is 37.5 Å². The van der Waals surface area contributed by atoms with Crippen molar-refractivity contribution in [2.75, 3.05) is 0 Å². The Morgan fingerprint density at radius 2 is 1.59 bits per heavy atom. The fourth-order valence-corrected chi connectivity index (χ4v) is 2.31. The zero-order valence-electron chi connectivity index (χ0n) is 10.8. The fraction of sp³-hybridized carbons (Fsp3) is 0.333. The van der Waals surface area contributed by atoms with Gasteiger partial charge < -0.3 is 4.57 Å².